The van der Waals surface area contributed by atoms with Gasteiger partial charge in [0, 0.05) is 17.7 Å². The fourth-order valence-electron chi connectivity index (χ4n) is 3.09. The van der Waals surface area contributed by atoms with Crippen LogP contribution in [0.2, 0.25) is 0 Å². The van der Waals surface area contributed by atoms with Crippen molar-refractivity contribution in [1.29, 1.82) is 0 Å². The molecule has 136 valence electrons. The Bertz CT molecular complexity index is 760. The van der Waals surface area contributed by atoms with Crippen molar-refractivity contribution >= 4 is 11.6 Å². The average molecular weight is 356 g/mol. The molecule has 7 nitrogen and oxygen atoms in total. The van der Waals surface area contributed by atoms with Crippen LogP contribution in [0.1, 0.15) is 22.0 Å². The highest BCUT2D eigenvalue weighted by atomic mass is 16.6. The van der Waals surface area contributed by atoms with Crippen LogP contribution in [-0.4, -0.2) is 43.7 Å². The summed E-state index contributed by atoms with van der Waals surface area (Å²) < 4.78 is 5.40. The van der Waals surface area contributed by atoms with Crippen LogP contribution in [0.25, 0.3) is 0 Å². The molecule has 1 heterocycles. The van der Waals surface area contributed by atoms with Gasteiger partial charge >= 0.3 is 0 Å². The number of morpholine rings is 1. The molecule has 2 aromatic rings. The highest BCUT2D eigenvalue weighted by molar-refractivity contribution is 5.95. The van der Waals surface area contributed by atoms with Crippen LogP contribution in [-0.2, 0) is 4.74 Å². The second-order valence-corrected chi connectivity index (χ2v) is 6.31. The predicted octanol–water partition coefficient (Wildman–Crippen LogP) is 0.981. The first kappa shape index (κ1) is 18.0. The van der Waals surface area contributed by atoms with Gasteiger partial charge in [-0.3, -0.25) is 14.9 Å². The Morgan fingerprint density at radius 3 is 2.58 bits per heavy atom. The molecule has 0 unspecified atom stereocenters. The largest absolute Gasteiger partial charge is 0.370 e. The molecule has 1 saturated heterocycles. The van der Waals surface area contributed by atoms with Crippen molar-refractivity contribution in [3.8, 4) is 0 Å². The summed E-state index contributed by atoms with van der Waals surface area (Å²) in [5.74, 6) is -0.310. The normalized spacial score (nSPS) is 16.0. The zero-order chi connectivity index (χ0) is 18.4. The van der Waals surface area contributed by atoms with Crippen LogP contribution < -0.4 is 10.2 Å². The first-order valence-electron chi connectivity index (χ1n) is 8.65. The van der Waals surface area contributed by atoms with Gasteiger partial charge in [-0.2, -0.15) is 0 Å². The molecule has 1 atom stereocenters. The van der Waals surface area contributed by atoms with E-state index in [-0.39, 0.29) is 23.2 Å². The predicted molar refractivity (Wildman–Crippen MR) is 96.1 cm³/mol. The third-order valence-corrected chi connectivity index (χ3v) is 4.52. The Labute approximate surface area is 151 Å². The minimum absolute atomic E-state index is 0.0901. The summed E-state index contributed by atoms with van der Waals surface area (Å²) in [5, 5.41) is 14.0. The van der Waals surface area contributed by atoms with Crippen molar-refractivity contribution in [3.63, 3.8) is 0 Å². The highest BCUT2D eigenvalue weighted by Gasteiger charge is 2.23. The lowest BCUT2D eigenvalue weighted by molar-refractivity contribution is -0.909. The fraction of sp³-hybridized carbons (Fsp3) is 0.316. The Hall–Kier alpha value is -2.77. The minimum atomic E-state index is -0.497. The third kappa shape index (κ3) is 4.65. The van der Waals surface area contributed by atoms with E-state index in [1.807, 2.05) is 30.3 Å². The van der Waals surface area contributed by atoms with Crippen LogP contribution in [0.5, 0.6) is 0 Å². The van der Waals surface area contributed by atoms with E-state index >= 15 is 0 Å². The van der Waals surface area contributed by atoms with Crippen LogP contribution in [0, 0.1) is 10.1 Å². The SMILES string of the molecule is O=C(N[C@@H](C[NH+]1CCOCC1)c1ccccc1)c1cccc([N+](=O)[O-])c1. The van der Waals surface area contributed by atoms with E-state index in [9.17, 15) is 14.9 Å². The molecule has 1 aliphatic heterocycles. The number of amides is 1. The molecule has 0 spiro atoms. The Kier molecular flexibility index (Phi) is 5.93. The number of non-ortho nitro benzene ring substituents is 1. The first-order valence-corrected chi connectivity index (χ1v) is 8.65. The lowest BCUT2D eigenvalue weighted by atomic mass is 10.1. The number of hydrogen-bond acceptors (Lipinski definition) is 4. The van der Waals surface area contributed by atoms with E-state index in [0.717, 1.165) is 38.4 Å². The molecular formula is C19H22N3O4+. The number of nitro benzene ring substituents is 1. The van der Waals surface area contributed by atoms with Crippen molar-refractivity contribution in [2.45, 2.75) is 6.04 Å². The van der Waals surface area contributed by atoms with Gasteiger partial charge in [0.1, 0.15) is 25.7 Å². The molecule has 7 heteroatoms. The molecule has 26 heavy (non-hydrogen) atoms. The van der Waals surface area contributed by atoms with Gasteiger partial charge < -0.3 is 15.0 Å². The van der Waals surface area contributed by atoms with Crippen molar-refractivity contribution in [3.05, 3.63) is 75.8 Å². The molecule has 0 radical (unpaired) electrons. The number of carbonyl (C=O) groups is 1. The average Bonchev–Trinajstić information content (AvgIpc) is 2.69. The van der Waals surface area contributed by atoms with Gasteiger partial charge in [-0.05, 0) is 11.6 Å². The van der Waals surface area contributed by atoms with Gasteiger partial charge in [-0.25, -0.2) is 0 Å². The Morgan fingerprint density at radius 2 is 1.88 bits per heavy atom. The molecule has 0 aromatic heterocycles. The van der Waals surface area contributed by atoms with Gasteiger partial charge in [-0.1, -0.05) is 36.4 Å². The van der Waals surface area contributed by atoms with E-state index in [1.54, 1.807) is 6.07 Å². The zero-order valence-corrected chi connectivity index (χ0v) is 14.4. The van der Waals surface area contributed by atoms with Crippen LogP contribution in [0.15, 0.2) is 54.6 Å². The molecular weight excluding hydrogens is 334 g/mol. The number of nitrogens with zero attached hydrogens (tertiary/aromatic N) is 1. The molecule has 2 aromatic carbocycles. The molecule has 2 N–H and O–H groups in total. The van der Waals surface area contributed by atoms with Gasteiger partial charge in [0.05, 0.1) is 18.1 Å². The van der Waals surface area contributed by atoms with E-state index in [2.05, 4.69) is 5.32 Å². The van der Waals surface area contributed by atoms with Crippen molar-refractivity contribution < 1.29 is 19.4 Å². The lowest BCUT2D eigenvalue weighted by Crippen LogP contribution is -3.14. The summed E-state index contributed by atoms with van der Waals surface area (Å²) in [6.45, 7) is 3.98. The zero-order valence-electron chi connectivity index (χ0n) is 14.4. The van der Waals surface area contributed by atoms with E-state index in [4.69, 9.17) is 4.74 Å². The number of hydrogen-bond donors (Lipinski definition) is 2. The number of rotatable bonds is 6. The molecule has 3 rings (SSSR count). The van der Waals surface area contributed by atoms with E-state index < -0.39 is 4.92 Å². The number of quaternary nitrogens is 1. The summed E-state index contributed by atoms with van der Waals surface area (Å²) in [6, 6.07) is 15.4. The second kappa shape index (κ2) is 8.55. The smallest absolute Gasteiger partial charge is 0.270 e. The number of ether oxygens (including phenoxy) is 1. The summed E-state index contributed by atoms with van der Waals surface area (Å²) in [4.78, 5) is 24.5. The number of benzene rings is 2. The molecule has 1 amide bonds. The summed E-state index contributed by atoms with van der Waals surface area (Å²) >= 11 is 0. The standard InChI is InChI=1S/C19H21N3O4/c23-19(16-7-4-8-17(13-16)22(24)25)20-18(15-5-2-1-3-6-15)14-21-9-11-26-12-10-21/h1-8,13,18H,9-12,14H2,(H,20,23)/p+1/t18-/m0/s1. The second-order valence-electron chi connectivity index (χ2n) is 6.31. The third-order valence-electron chi connectivity index (χ3n) is 4.52. The quantitative estimate of drug-likeness (QED) is 0.597. The molecule has 0 aliphatic carbocycles. The lowest BCUT2D eigenvalue weighted by Gasteiger charge is -2.28. The van der Waals surface area contributed by atoms with Crippen LogP contribution in [0.3, 0.4) is 0 Å². The first-order chi connectivity index (χ1) is 12.6. The van der Waals surface area contributed by atoms with Crippen molar-refractivity contribution in [2.75, 3.05) is 32.8 Å². The van der Waals surface area contributed by atoms with Crippen molar-refractivity contribution in [1.82, 2.24) is 5.32 Å². The molecule has 1 aliphatic rings. The van der Waals surface area contributed by atoms with Crippen molar-refractivity contribution in [2.24, 2.45) is 0 Å². The maximum atomic E-state index is 12.7. The molecule has 0 bridgehead atoms. The van der Waals surface area contributed by atoms with Gasteiger partial charge in [0.15, 0.2) is 0 Å². The Morgan fingerprint density at radius 1 is 1.15 bits per heavy atom. The number of carbonyl (C=O) groups excluding carboxylic acids is 1. The Balaban J connectivity index is 1.77. The van der Waals surface area contributed by atoms with Gasteiger partial charge in [0.25, 0.3) is 11.6 Å². The molecule has 1 fully saturated rings. The fourth-order valence-corrected chi connectivity index (χ4v) is 3.09. The topological polar surface area (TPSA) is 85.9 Å². The van der Waals surface area contributed by atoms with E-state index in [1.165, 1.54) is 23.1 Å². The molecule has 0 saturated carbocycles. The summed E-state index contributed by atoms with van der Waals surface area (Å²) in [6.07, 6.45) is 0. The number of nitrogens with one attached hydrogen (secondary N) is 2. The maximum absolute atomic E-state index is 12.7. The summed E-state index contributed by atoms with van der Waals surface area (Å²) in [5.41, 5.74) is 1.22. The van der Waals surface area contributed by atoms with Crippen LogP contribution in [0.4, 0.5) is 5.69 Å². The van der Waals surface area contributed by atoms with E-state index in [0.29, 0.717) is 0 Å². The number of nitro groups is 1. The maximum Gasteiger partial charge on any atom is 0.270 e. The monoisotopic (exact) mass is 356 g/mol. The van der Waals surface area contributed by atoms with Gasteiger partial charge in [0.2, 0.25) is 0 Å². The van der Waals surface area contributed by atoms with Crippen LogP contribution >= 0.6 is 0 Å². The minimum Gasteiger partial charge on any atom is -0.370 e. The highest BCUT2D eigenvalue weighted by Crippen LogP contribution is 2.16. The van der Waals surface area contributed by atoms with Gasteiger partial charge in [-0.15, -0.1) is 0 Å². The summed E-state index contributed by atoms with van der Waals surface area (Å²) in [7, 11) is 0.